The number of methoxy groups -OCH3 is 1. The number of rotatable bonds is 4. The molecule has 0 unspecified atom stereocenters. The lowest BCUT2D eigenvalue weighted by molar-refractivity contribution is 0.0949. The third-order valence-electron chi connectivity index (χ3n) is 4.27. The number of nitrogens with zero attached hydrogens (tertiary/aromatic N) is 2. The Hall–Kier alpha value is -2.63. The van der Waals surface area contributed by atoms with Crippen molar-refractivity contribution < 1.29 is 9.53 Å². The van der Waals surface area contributed by atoms with Crippen LogP contribution in [-0.4, -0.2) is 28.9 Å². The van der Waals surface area contributed by atoms with E-state index in [-0.39, 0.29) is 5.91 Å². The predicted octanol–water partition coefficient (Wildman–Crippen LogP) is 3.38. The van der Waals surface area contributed by atoms with Crippen molar-refractivity contribution in [3.05, 3.63) is 36.0 Å². The van der Waals surface area contributed by atoms with Crippen molar-refractivity contribution in [3.63, 3.8) is 0 Å². The summed E-state index contributed by atoms with van der Waals surface area (Å²) in [5, 5.41) is 11.2. The molecule has 2 N–H and O–H groups in total. The summed E-state index contributed by atoms with van der Waals surface area (Å²) >= 11 is 0. The Morgan fingerprint density at radius 3 is 2.88 bits per heavy atom. The van der Waals surface area contributed by atoms with E-state index in [2.05, 4.69) is 27.6 Å². The van der Waals surface area contributed by atoms with Crippen LogP contribution < -0.4 is 10.2 Å². The van der Waals surface area contributed by atoms with Gasteiger partial charge in [-0.1, -0.05) is 6.92 Å². The molecule has 1 heterocycles. The van der Waals surface area contributed by atoms with Crippen LogP contribution in [0, 0.1) is 5.92 Å². The number of carbonyl (C=O) groups excluding carboxylic acids is 1. The van der Waals surface area contributed by atoms with Crippen molar-refractivity contribution in [1.82, 2.24) is 15.6 Å². The Kier molecular flexibility index (Phi) is 4.93. The van der Waals surface area contributed by atoms with E-state index in [9.17, 15) is 4.79 Å². The smallest absolute Gasteiger partial charge is 0.289 e. The predicted molar refractivity (Wildman–Crippen MR) is 93.1 cm³/mol. The number of ether oxygens (including phenoxy) is 1. The lowest BCUT2D eigenvalue weighted by atomic mass is 9.89. The average Bonchev–Trinajstić information content (AvgIpc) is 3.10. The van der Waals surface area contributed by atoms with Gasteiger partial charge in [-0.15, -0.1) is 0 Å². The van der Waals surface area contributed by atoms with Gasteiger partial charge in [-0.05, 0) is 61.9 Å². The molecule has 126 valence electrons. The molecule has 1 saturated carbocycles. The van der Waals surface area contributed by atoms with Crippen molar-refractivity contribution in [3.8, 4) is 17.0 Å². The molecule has 1 atom stereocenters. The van der Waals surface area contributed by atoms with Gasteiger partial charge in [0.15, 0.2) is 0 Å². The zero-order valence-corrected chi connectivity index (χ0v) is 14.0. The number of nitrogens with one attached hydrogen (secondary N) is 2. The number of benzene rings is 1. The lowest BCUT2D eigenvalue weighted by Gasteiger charge is -2.18. The molecule has 0 aliphatic heterocycles. The van der Waals surface area contributed by atoms with E-state index < -0.39 is 0 Å². The van der Waals surface area contributed by atoms with Gasteiger partial charge in [-0.3, -0.25) is 9.89 Å². The highest BCUT2D eigenvalue weighted by Gasteiger charge is 2.15. The van der Waals surface area contributed by atoms with E-state index in [0.29, 0.717) is 17.3 Å². The van der Waals surface area contributed by atoms with Crippen LogP contribution in [-0.2, 0) is 0 Å². The summed E-state index contributed by atoms with van der Waals surface area (Å²) in [5.74, 6) is 1.15. The number of hydrogen-bond donors (Lipinski definition) is 2. The second kappa shape index (κ2) is 7.29. The Bertz CT molecular complexity index is 734. The van der Waals surface area contributed by atoms with Gasteiger partial charge >= 0.3 is 0 Å². The number of aromatic nitrogens is 2. The maximum atomic E-state index is 12.2. The SMILES string of the molecule is COc1ccc(-c2cc(C(=O)NN=C3CCC[C@@H](C)C3)[nH]n2)cc1. The molecule has 1 aliphatic carbocycles. The minimum atomic E-state index is -0.270. The van der Waals surface area contributed by atoms with Gasteiger partial charge in [0.2, 0.25) is 0 Å². The minimum Gasteiger partial charge on any atom is -0.497 e. The fourth-order valence-corrected chi connectivity index (χ4v) is 2.90. The van der Waals surface area contributed by atoms with Gasteiger partial charge in [0.25, 0.3) is 5.91 Å². The minimum absolute atomic E-state index is 0.270. The van der Waals surface area contributed by atoms with E-state index in [1.54, 1.807) is 13.2 Å². The van der Waals surface area contributed by atoms with Crippen LogP contribution in [0.2, 0.25) is 0 Å². The van der Waals surface area contributed by atoms with Gasteiger partial charge in [-0.25, -0.2) is 5.43 Å². The normalized spacial score (nSPS) is 19.2. The second-order valence-electron chi connectivity index (χ2n) is 6.22. The van der Waals surface area contributed by atoms with Crippen LogP contribution >= 0.6 is 0 Å². The van der Waals surface area contributed by atoms with Crippen LogP contribution in [0.5, 0.6) is 5.75 Å². The van der Waals surface area contributed by atoms with Crippen LogP contribution in [0.3, 0.4) is 0 Å². The lowest BCUT2D eigenvalue weighted by Crippen LogP contribution is -2.22. The van der Waals surface area contributed by atoms with Gasteiger partial charge in [0.1, 0.15) is 11.4 Å². The summed E-state index contributed by atoms with van der Waals surface area (Å²) in [5.41, 5.74) is 5.72. The average molecular weight is 326 g/mol. The topological polar surface area (TPSA) is 79.4 Å². The fourth-order valence-electron chi connectivity index (χ4n) is 2.90. The highest BCUT2D eigenvalue weighted by Crippen LogP contribution is 2.22. The molecule has 24 heavy (non-hydrogen) atoms. The molecule has 1 amide bonds. The highest BCUT2D eigenvalue weighted by atomic mass is 16.5. The van der Waals surface area contributed by atoms with Crippen molar-refractivity contribution in [2.45, 2.75) is 32.6 Å². The van der Waals surface area contributed by atoms with E-state index in [4.69, 9.17) is 4.74 Å². The molecule has 1 fully saturated rings. The van der Waals surface area contributed by atoms with E-state index in [1.165, 1.54) is 6.42 Å². The van der Waals surface area contributed by atoms with Gasteiger partial charge in [0.05, 0.1) is 12.8 Å². The largest absolute Gasteiger partial charge is 0.497 e. The summed E-state index contributed by atoms with van der Waals surface area (Å²) in [4.78, 5) is 12.2. The monoisotopic (exact) mass is 326 g/mol. The third-order valence-corrected chi connectivity index (χ3v) is 4.27. The van der Waals surface area contributed by atoms with Gasteiger partial charge in [0, 0.05) is 11.3 Å². The van der Waals surface area contributed by atoms with Gasteiger partial charge in [-0.2, -0.15) is 10.2 Å². The van der Waals surface area contributed by atoms with Crippen molar-refractivity contribution >= 4 is 11.6 Å². The highest BCUT2D eigenvalue weighted by molar-refractivity contribution is 5.94. The quantitative estimate of drug-likeness (QED) is 0.845. The summed E-state index contributed by atoms with van der Waals surface area (Å²) in [6.45, 7) is 2.21. The first-order valence-corrected chi connectivity index (χ1v) is 8.21. The zero-order valence-electron chi connectivity index (χ0n) is 14.0. The molecule has 1 aromatic carbocycles. The standard InChI is InChI=1S/C18H22N4O2/c1-12-4-3-5-14(10-12)19-22-18(23)17-11-16(20-21-17)13-6-8-15(24-2)9-7-13/h6-9,11-12H,3-5,10H2,1-2H3,(H,20,21)(H,22,23)/t12-/m1/s1. The first-order chi connectivity index (χ1) is 11.7. The molecule has 0 radical (unpaired) electrons. The molecule has 6 heteroatoms. The van der Waals surface area contributed by atoms with Crippen LogP contribution in [0.25, 0.3) is 11.3 Å². The molecule has 0 saturated heterocycles. The van der Waals surface area contributed by atoms with Crippen LogP contribution in [0.4, 0.5) is 0 Å². The molecule has 1 aromatic heterocycles. The third kappa shape index (κ3) is 3.82. The maximum absolute atomic E-state index is 12.2. The first kappa shape index (κ1) is 16.2. The van der Waals surface area contributed by atoms with E-state index in [0.717, 1.165) is 36.3 Å². The number of aromatic amines is 1. The Morgan fingerprint density at radius 1 is 1.38 bits per heavy atom. The molecular formula is C18H22N4O2. The Morgan fingerprint density at radius 2 is 2.17 bits per heavy atom. The van der Waals surface area contributed by atoms with Crippen molar-refractivity contribution in [2.24, 2.45) is 11.0 Å². The summed E-state index contributed by atoms with van der Waals surface area (Å²) < 4.78 is 5.14. The molecule has 0 bridgehead atoms. The molecular weight excluding hydrogens is 304 g/mol. The zero-order chi connectivity index (χ0) is 16.9. The Balaban J connectivity index is 1.66. The molecule has 3 rings (SSSR count). The number of amides is 1. The van der Waals surface area contributed by atoms with Crippen LogP contribution in [0.1, 0.15) is 43.1 Å². The maximum Gasteiger partial charge on any atom is 0.289 e. The van der Waals surface area contributed by atoms with Gasteiger partial charge < -0.3 is 4.74 Å². The van der Waals surface area contributed by atoms with E-state index >= 15 is 0 Å². The number of H-pyrrole nitrogens is 1. The molecule has 6 nitrogen and oxygen atoms in total. The fraction of sp³-hybridized carbons (Fsp3) is 0.389. The van der Waals surface area contributed by atoms with E-state index in [1.807, 2.05) is 24.3 Å². The number of carbonyl (C=O) groups is 1. The Labute approximate surface area is 141 Å². The second-order valence-corrected chi connectivity index (χ2v) is 6.22. The number of hydrogen-bond acceptors (Lipinski definition) is 4. The summed E-state index contributed by atoms with van der Waals surface area (Å²) in [7, 11) is 1.63. The summed E-state index contributed by atoms with van der Waals surface area (Å²) in [6.07, 6.45) is 4.30. The van der Waals surface area contributed by atoms with Crippen molar-refractivity contribution in [2.75, 3.05) is 7.11 Å². The summed E-state index contributed by atoms with van der Waals surface area (Å²) in [6, 6.07) is 9.25. The molecule has 0 spiro atoms. The van der Waals surface area contributed by atoms with Crippen LogP contribution in [0.15, 0.2) is 35.4 Å². The molecule has 2 aromatic rings. The van der Waals surface area contributed by atoms with Crippen molar-refractivity contribution in [1.29, 1.82) is 0 Å². The number of hydrazone groups is 1. The first-order valence-electron chi connectivity index (χ1n) is 8.21. The molecule has 1 aliphatic rings.